The predicted molar refractivity (Wildman–Crippen MR) is 415 cm³/mol. The molecule has 0 fully saturated rings. The van der Waals surface area contributed by atoms with Crippen LogP contribution in [0.15, 0.2) is 200 Å². The van der Waals surface area contributed by atoms with Gasteiger partial charge in [0.25, 0.3) is 19.7 Å². The highest BCUT2D eigenvalue weighted by molar-refractivity contribution is 7.98. The fourth-order valence-electron chi connectivity index (χ4n) is 9.54. The number of sulfone groups is 3. The predicted octanol–water partition coefficient (Wildman–Crippen LogP) is 20.9. The average molecular weight is 1680 g/mol. The maximum absolute atomic E-state index is 14.8. The van der Waals surface area contributed by atoms with Gasteiger partial charge in [0, 0.05) is 52.2 Å². The Labute approximate surface area is 654 Å². The summed E-state index contributed by atoms with van der Waals surface area (Å²) < 4.78 is 157. The van der Waals surface area contributed by atoms with Crippen LogP contribution in [0.3, 0.4) is 0 Å². The average Bonchev–Trinajstić information content (AvgIpc) is 1.19. The maximum atomic E-state index is 14.8. The molecular formula is C74H70Cl5F4N9O11S5. The summed E-state index contributed by atoms with van der Waals surface area (Å²) in [4.78, 5) is 32.5. The molecule has 3 N–H and O–H groups in total. The third-order valence-corrected chi connectivity index (χ3v) is 24.3. The number of phenolic OH excluding ortho intramolecular Hbond substituents is 1. The summed E-state index contributed by atoms with van der Waals surface area (Å²) in [5.41, 5.74) is 6.99. The summed E-state index contributed by atoms with van der Waals surface area (Å²) in [6.45, 7) is 23.7. The molecule has 570 valence electrons. The van der Waals surface area contributed by atoms with E-state index in [2.05, 4.69) is 94.0 Å². The molecule has 0 aliphatic rings. The van der Waals surface area contributed by atoms with E-state index in [-0.39, 0.29) is 65.2 Å². The number of pyridine rings is 4. The molecule has 0 aliphatic heterocycles. The van der Waals surface area contributed by atoms with E-state index >= 15 is 0 Å². The molecule has 20 nitrogen and oxygen atoms in total. The molecule has 13 aromatic rings. The van der Waals surface area contributed by atoms with Gasteiger partial charge >= 0.3 is 10.5 Å². The Morgan fingerprint density at radius 3 is 1.19 bits per heavy atom. The van der Waals surface area contributed by atoms with Crippen LogP contribution >= 0.6 is 82.4 Å². The van der Waals surface area contributed by atoms with Crippen LogP contribution in [-0.2, 0) is 73.2 Å². The Balaban J connectivity index is 0.000000157. The number of phenols is 1. The number of rotatable bonds is 12. The van der Waals surface area contributed by atoms with Crippen LogP contribution in [0, 0.1) is 0 Å². The van der Waals surface area contributed by atoms with Crippen molar-refractivity contribution in [2.75, 3.05) is 5.73 Å². The van der Waals surface area contributed by atoms with Crippen molar-refractivity contribution in [3.8, 4) is 5.75 Å². The number of thiol groups is 1. The Morgan fingerprint density at radius 2 is 0.769 bits per heavy atom. The van der Waals surface area contributed by atoms with E-state index < -0.39 is 77.4 Å². The van der Waals surface area contributed by atoms with Crippen molar-refractivity contribution >= 4 is 162 Å². The first-order chi connectivity index (χ1) is 50.2. The molecule has 0 aliphatic carbocycles. The van der Waals surface area contributed by atoms with Gasteiger partial charge in [0.2, 0.25) is 23.6 Å². The zero-order valence-electron chi connectivity index (χ0n) is 59.6. The number of nitrogens with two attached hydrogens (primary N) is 1. The fraction of sp³-hybridized carbons (Fsp3) is 0.270. The fourth-order valence-corrected chi connectivity index (χ4v) is 16.8. The van der Waals surface area contributed by atoms with E-state index in [1.54, 1.807) is 75.3 Å². The highest BCUT2D eigenvalue weighted by Crippen LogP contribution is 2.47. The lowest BCUT2D eigenvalue weighted by molar-refractivity contribution is 0.0852. The Kier molecular flexibility index (Phi) is 25.2. The van der Waals surface area contributed by atoms with Crippen LogP contribution in [0.4, 0.5) is 23.2 Å². The summed E-state index contributed by atoms with van der Waals surface area (Å²) in [6, 6.07) is 33.4. The van der Waals surface area contributed by atoms with Crippen LogP contribution < -0.4 is 5.73 Å². The number of fused-ring (bicyclic) bond motifs is 4. The first-order valence-electron chi connectivity index (χ1n) is 32.3. The van der Waals surface area contributed by atoms with Gasteiger partial charge in [0.1, 0.15) is 48.1 Å². The Hall–Kier alpha value is -8.10. The SMILES string of the molecule is CC(C)(C)c1nc2ccc(Cl)c(S(=O)(=O)C(F)(F)c3ccccn3)c2o1.CC(C)(C)c1nc2ccc(Cl)c(S(=O)(=O)Cc3ccccn3)c2o1.CC(C)(C)c1nc2ccc(Cl)c(S)c2o1.CC(C)(C)c1nc2ccc(Cl)c(SCc3ccccn3)c2o1.Nc1ccc(Cl)c(S(=O)(=O)C(F)(F)c2ccccn2)c1O. The molecule has 0 bridgehead atoms. The van der Waals surface area contributed by atoms with Crippen LogP contribution in [0.1, 0.15) is 129 Å². The highest BCUT2D eigenvalue weighted by Gasteiger charge is 2.53. The summed E-state index contributed by atoms with van der Waals surface area (Å²) in [7, 11) is -14.3. The second-order valence-corrected chi connectivity index (χ2v) is 37.2. The summed E-state index contributed by atoms with van der Waals surface area (Å²) in [5.74, 6) is 1.59. The molecule has 8 heterocycles. The lowest BCUT2D eigenvalue weighted by atomic mass is 9.97. The smallest absolute Gasteiger partial charge is 0.391 e. The van der Waals surface area contributed by atoms with E-state index in [9.17, 15) is 47.9 Å². The van der Waals surface area contributed by atoms with Crippen molar-refractivity contribution in [2.45, 2.75) is 151 Å². The second kappa shape index (κ2) is 32.5. The summed E-state index contributed by atoms with van der Waals surface area (Å²) in [5, 5.41) is 1.48. The van der Waals surface area contributed by atoms with Gasteiger partial charge in [-0.2, -0.15) is 17.6 Å². The molecule has 0 unspecified atom stereocenters. The van der Waals surface area contributed by atoms with Crippen molar-refractivity contribution < 1.29 is 65.6 Å². The van der Waals surface area contributed by atoms with Crippen molar-refractivity contribution in [3.63, 3.8) is 0 Å². The molecule has 8 aromatic heterocycles. The van der Waals surface area contributed by atoms with Gasteiger partial charge < -0.3 is 28.5 Å². The van der Waals surface area contributed by atoms with Gasteiger partial charge in [-0.25, -0.2) is 45.2 Å². The number of oxazole rings is 4. The zero-order valence-corrected chi connectivity index (χ0v) is 67.5. The van der Waals surface area contributed by atoms with Gasteiger partial charge in [-0.3, -0.25) is 19.9 Å². The zero-order chi connectivity index (χ0) is 79.7. The van der Waals surface area contributed by atoms with Gasteiger partial charge in [0.05, 0.1) is 57.7 Å². The van der Waals surface area contributed by atoms with Crippen LogP contribution in [-0.4, -0.2) is 70.2 Å². The number of hydrogen-bond donors (Lipinski definition) is 3. The maximum Gasteiger partial charge on any atom is 0.391 e. The van der Waals surface area contributed by atoms with Crippen LogP contribution in [0.2, 0.25) is 25.1 Å². The van der Waals surface area contributed by atoms with E-state index in [0.717, 1.165) is 75.5 Å². The first kappa shape index (κ1) is 83.9. The number of nitrogen functional groups attached to an aromatic ring is 1. The number of hydrogen-bond acceptors (Lipinski definition) is 22. The molecule has 0 atom stereocenters. The largest absolute Gasteiger partial charge is 0.504 e. The number of halogens is 9. The van der Waals surface area contributed by atoms with E-state index in [4.69, 9.17) is 81.4 Å². The lowest BCUT2D eigenvalue weighted by Crippen LogP contribution is -2.28. The number of nitrogens with zero attached hydrogens (tertiary/aromatic N) is 8. The molecule has 0 amide bonds. The van der Waals surface area contributed by atoms with E-state index in [0.29, 0.717) is 43.5 Å². The number of benzene rings is 5. The normalized spacial score (nSPS) is 12.6. The molecule has 0 radical (unpaired) electrons. The van der Waals surface area contributed by atoms with E-state index in [1.807, 2.05) is 57.2 Å². The minimum absolute atomic E-state index is 0.0321. The molecule has 108 heavy (non-hydrogen) atoms. The van der Waals surface area contributed by atoms with Gasteiger partial charge in [-0.15, -0.1) is 24.4 Å². The lowest BCUT2D eigenvalue weighted by Gasteiger charge is -2.18. The number of aromatic hydroxyl groups is 1. The van der Waals surface area contributed by atoms with Gasteiger partial charge in [-0.05, 0) is 109 Å². The molecule has 5 aromatic carbocycles. The minimum Gasteiger partial charge on any atom is -0.504 e. The topological polar surface area (TPSA) is 304 Å². The summed E-state index contributed by atoms with van der Waals surface area (Å²) in [6.07, 6.45) is 5.47. The number of alkyl halides is 4. The quantitative estimate of drug-likeness (QED) is 0.0336. The van der Waals surface area contributed by atoms with Crippen molar-refractivity contribution in [1.82, 2.24) is 39.9 Å². The number of thioether (sulfide) groups is 1. The van der Waals surface area contributed by atoms with Crippen LogP contribution in [0.25, 0.3) is 44.4 Å². The highest BCUT2D eigenvalue weighted by atomic mass is 35.5. The third-order valence-electron chi connectivity index (χ3n) is 15.2. The number of aromatic nitrogens is 8. The molecular weight excluding hydrogens is 1600 g/mol. The number of anilines is 1. The molecule has 0 saturated carbocycles. The standard InChI is InChI=1S/C17H15ClF2N2O3S.C17H17ClN2O3S.C17H17ClN2OS.C12H9ClF2N2O3S.C11H12ClNOS/c1-16(2,3)15-22-11-8-7-10(18)14(13(11)25-15)26(23,24)17(19,20)12-6-4-5-9-21-12;1-17(2,3)16-20-13-8-7-12(18)15(14(13)23-16)24(21,22)10-11-6-4-5-9-19-11;1-17(2,3)16-20-13-8-7-12(18)15(14(13)21-16)22-10-11-6-4-5-9-19-11;13-7-4-5-8(16)10(18)11(7)21(19,20)12(14,15)9-3-1-2-6-17-9;1-11(2,3)10-13-7-5-4-6(12)9(15)8(7)14-10/h4-9H,1-3H3;4-9H,10H2,1-3H3;4-9H,10H2,1-3H3;1-6,18H,16H2;4-5,15H,1-3H3. The minimum atomic E-state index is -5.33. The molecule has 34 heteroatoms. The van der Waals surface area contributed by atoms with Gasteiger partial charge in [0.15, 0.2) is 37.9 Å². The summed E-state index contributed by atoms with van der Waals surface area (Å²) >= 11 is 36.0. The Bertz CT molecular complexity index is 5790. The van der Waals surface area contributed by atoms with Crippen molar-refractivity contribution in [2.24, 2.45) is 0 Å². The first-order valence-corrected chi connectivity index (χ1v) is 40.2. The Morgan fingerprint density at radius 1 is 0.426 bits per heavy atom. The van der Waals surface area contributed by atoms with Gasteiger partial charge in [-0.1, -0.05) is 165 Å². The molecule has 0 saturated heterocycles. The third kappa shape index (κ3) is 18.5. The second-order valence-electron chi connectivity index (χ2n) is 28.0. The van der Waals surface area contributed by atoms with Crippen molar-refractivity contribution in [1.29, 1.82) is 0 Å². The monoisotopic (exact) mass is 1670 g/mol. The molecule has 0 spiro atoms. The van der Waals surface area contributed by atoms with Crippen molar-refractivity contribution in [3.05, 3.63) is 230 Å². The van der Waals surface area contributed by atoms with E-state index in [1.165, 1.54) is 42.5 Å². The van der Waals surface area contributed by atoms with Crippen LogP contribution in [0.5, 0.6) is 5.75 Å². The molecule has 13 rings (SSSR count).